The molecule has 0 atom stereocenters. The Bertz CT molecular complexity index is 1090. The lowest BCUT2D eigenvalue weighted by atomic mass is 10.1. The van der Waals surface area contributed by atoms with E-state index < -0.39 is 16.0 Å². The topological polar surface area (TPSA) is 72.9 Å². The van der Waals surface area contributed by atoms with E-state index in [9.17, 15) is 13.2 Å². The largest absolute Gasteiger partial charge is 0.497 e. The van der Waals surface area contributed by atoms with E-state index in [0.717, 1.165) is 33.4 Å². The lowest BCUT2D eigenvalue weighted by Gasteiger charge is -2.17. The molecule has 0 aliphatic rings. The van der Waals surface area contributed by atoms with Gasteiger partial charge in [0.2, 0.25) is 10.0 Å². The molecule has 3 rings (SSSR count). The van der Waals surface area contributed by atoms with Gasteiger partial charge in [0, 0.05) is 13.6 Å². The van der Waals surface area contributed by atoms with Crippen LogP contribution < -0.4 is 4.74 Å². The van der Waals surface area contributed by atoms with E-state index in [4.69, 9.17) is 4.74 Å². The number of hydrogen-bond donors (Lipinski definition) is 0. The Hall–Kier alpha value is -2.42. The summed E-state index contributed by atoms with van der Waals surface area (Å²) in [6, 6.07) is 12.9. The lowest BCUT2D eigenvalue weighted by Crippen LogP contribution is -2.27. The molecule has 0 spiro atoms. The predicted octanol–water partition coefficient (Wildman–Crippen LogP) is 3.52. The fraction of sp³-hybridized carbons (Fsp3) is 0.211. The second kappa shape index (κ2) is 7.67. The third kappa shape index (κ3) is 3.83. The van der Waals surface area contributed by atoms with Crippen molar-refractivity contribution in [3.63, 3.8) is 0 Å². The SMILES string of the molecule is COC(=O)c1sccc1S(=O)(=O)N(C)Cc1ccc2cc(OC)ccc2c1. The first-order valence-corrected chi connectivity index (χ1v) is 10.4. The zero-order valence-electron chi connectivity index (χ0n) is 15.1. The van der Waals surface area contributed by atoms with Crippen LogP contribution in [0.25, 0.3) is 10.8 Å². The number of ether oxygens (including phenoxy) is 2. The van der Waals surface area contributed by atoms with E-state index in [1.807, 2.05) is 36.4 Å². The molecule has 0 saturated carbocycles. The van der Waals surface area contributed by atoms with Crippen molar-refractivity contribution in [1.29, 1.82) is 0 Å². The van der Waals surface area contributed by atoms with Gasteiger partial charge in [-0.3, -0.25) is 0 Å². The number of carbonyl (C=O) groups is 1. The minimum atomic E-state index is -3.82. The zero-order chi connectivity index (χ0) is 19.6. The molecule has 0 N–H and O–H groups in total. The Labute approximate surface area is 162 Å². The highest BCUT2D eigenvalue weighted by Gasteiger charge is 2.28. The van der Waals surface area contributed by atoms with Gasteiger partial charge in [-0.2, -0.15) is 4.31 Å². The number of hydrogen-bond acceptors (Lipinski definition) is 6. The number of esters is 1. The second-order valence-electron chi connectivity index (χ2n) is 5.91. The first-order valence-electron chi connectivity index (χ1n) is 8.05. The highest BCUT2D eigenvalue weighted by Crippen LogP contribution is 2.27. The summed E-state index contributed by atoms with van der Waals surface area (Å²) in [5.74, 6) is 0.111. The summed E-state index contributed by atoms with van der Waals surface area (Å²) in [4.78, 5) is 11.9. The molecule has 27 heavy (non-hydrogen) atoms. The van der Waals surface area contributed by atoms with Gasteiger partial charge in [-0.15, -0.1) is 11.3 Å². The second-order valence-corrected chi connectivity index (χ2v) is 8.84. The molecule has 2 aromatic carbocycles. The molecule has 0 radical (unpaired) electrons. The number of thiophene rings is 1. The van der Waals surface area contributed by atoms with Crippen LogP contribution >= 0.6 is 11.3 Å². The third-order valence-electron chi connectivity index (χ3n) is 4.21. The van der Waals surface area contributed by atoms with Crippen LogP contribution in [0, 0.1) is 0 Å². The lowest BCUT2D eigenvalue weighted by molar-refractivity contribution is 0.0602. The number of methoxy groups -OCH3 is 2. The van der Waals surface area contributed by atoms with Crippen molar-refractivity contribution in [2.24, 2.45) is 0 Å². The molecule has 1 aromatic heterocycles. The monoisotopic (exact) mass is 405 g/mol. The Morgan fingerprint density at radius 1 is 1.07 bits per heavy atom. The Kier molecular flexibility index (Phi) is 5.50. The van der Waals surface area contributed by atoms with E-state index in [1.54, 1.807) is 12.5 Å². The first-order chi connectivity index (χ1) is 12.9. The normalized spacial score (nSPS) is 11.7. The Morgan fingerprint density at radius 2 is 1.78 bits per heavy atom. The molecule has 8 heteroatoms. The van der Waals surface area contributed by atoms with E-state index in [-0.39, 0.29) is 16.3 Å². The smallest absolute Gasteiger partial charge is 0.349 e. The molecule has 0 amide bonds. The highest BCUT2D eigenvalue weighted by molar-refractivity contribution is 7.89. The zero-order valence-corrected chi connectivity index (χ0v) is 16.8. The maximum absolute atomic E-state index is 12.9. The van der Waals surface area contributed by atoms with Crippen molar-refractivity contribution in [1.82, 2.24) is 4.31 Å². The summed E-state index contributed by atoms with van der Waals surface area (Å²) in [5.41, 5.74) is 0.841. The van der Waals surface area contributed by atoms with Gasteiger partial charge >= 0.3 is 5.97 Å². The van der Waals surface area contributed by atoms with Gasteiger partial charge in [0.1, 0.15) is 15.5 Å². The van der Waals surface area contributed by atoms with Crippen LogP contribution in [-0.2, 0) is 21.3 Å². The summed E-state index contributed by atoms with van der Waals surface area (Å²) in [6.07, 6.45) is 0. The number of carbonyl (C=O) groups excluding carboxylic acids is 1. The molecule has 3 aromatic rings. The molecule has 142 valence electrons. The van der Waals surface area contributed by atoms with Crippen LogP contribution in [0.5, 0.6) is 5.75 Å². The van der Waals surface area contributed by atoms with Crippen molar-refractivity contribution in [3.05, 3.63) is 58.3 Å². The number of nitrogens with zero attached hydrogens (tertiary/aromatic N) is 1. The van der Waals surface area contributed by atoms with Gasteiger partial charge in [0.05, 0.1) is 14.2 Å². The maximum atomic E-state index is 12.9. The van der Waals surface area contributed by atoms with Crippen LogP contribution in [-0.4, -0.2) is 40.0 Å². The fourth-order valence-electron chi connectivity index (χ4n) is 2.75. The van der Waals surface area contributed by atoms with Crippen molar-refractivity contribution < 1.29 is 22.7 Å². The quantitative estimate of drug-likeness (QED) is 0.587. The summed E-state index contributed by atoms with van der Waals surface area (Å²) < 4.78 is 36.9. The molecule has 6 nitrogen and oxygen atoms in total. The molecule has 0 aliphatic heterocycles. The molecule has 0 bridgehead atoms. The van der Waals surface area contributed by atoms with Gasteiger partial charge in [0.15, 0.2) is 0 Å². The standard InChI is InChI=1S/C19H19NO5S2/c1-20(27(22,23)17-8-9-26-18(17)19(21)25-3)12-13-4-5-15-11-16(24-2)7-6-14(15)10-13/h4-11H,12H2,1-3H3. The van der Waals surface area contributed by atoms with E-state index in [1.165, 1.54) is 24.5 Å². The van der Waals surface area contributed by atoms with Crippen molar-refractivity contribution in [2.75, 3.05) is 21.3 Å². The van der Waals surface area contributed by atoms with Crippen LogP contribution in [0.2, 0.25) is 0 Å². The van der Waals surface area contributed by atoms with Gasteiger partial charge in [0.25, 0.3) is 0 Å². The maximum Gasteiger partial charge on any atom is 0.349 e. The van der Waals surface area contributed by atoms with Crippen LogP contribution in [0.3, 0.4) is 0 Å². The highest BCUT2D eigenvalue weighted by atomic mass is 32.2. The van der Waals surface area contributed by atoms with Crippen molar-refractivity contribution >= 4 is 38.1 Å². The summed E-state index contributed by atoms with van der Waals surface area (Å²) in [5, 5.41) is 3.57. The van der Waals surface area contributed by atoms with Crippen LogP contribution in [0.4, 0.5) is 0 Å². The van der Waals surface area contributed by atoms with Crippen molar-refractivity contribution in [2.45, 2.75) is 11.4 Å². The average molecular weight is 405 g/mol. The van der Waals surface area contributed by atoms with Gasteiger partial charge < -0.3 is 9.47 Å². The van der Waals surface area contributed by atoms with Gasteiger partial charge in [-0.05, 0) is 46.0 Å². The summed E-state index contributed by atoms with van der Waals surface area (Å²) >= 11 is 1.05. The van der Waals surface area contributed by atoms with Crippen molar-refractivity contribution in [3.8, 4) is 5.75 Å². The molecular weight excluding hydrogens is 386 g/mol. The van der Waals surface area contributed by atoms with E-state index in [2.05, 4.69) is 4.74 Å². The number of rotatable bonds is 6. The Balaban J connectivity index is 1.88. The first kappa shape index (κ1) is 19.3. The summed E-state index contributed by atoms with van der Waals surface area (Å²) in [7, 11) is 0.514. The number of fused-ring (bicyclic) bond motifs is 1. The number of benzene rings is 2. The van der Waals surface area contributed by atoms with E-state index >= 15 is 0 Å². The third-order valence-corrected chi connectivity index (χ3v) is 7.07. The van der Waals surface area contributed by atoms with Gasteiger partial charge in [-0.1, -0.05) is 18.2 Å². The Morgan fingerprint density at radius 3 is 2.48 bits per heavy atom. The van der Waals surface area contributed by atoms with E-state index in [0.29, 0.717) is 0 Å². The molecule has 0 fully saturated rings. The fourth-order valence-corrected chi connectivity index (χ4v) is 5.21. The molecule has 1 heterocycles. The minimum Gasteiger partial charge on any atom is -0.497 e. The minimum absolute atomic E-state index is 0.0348. The molecule has 0 aliphatic carbocycles. The average Bonchev–Trinajstić information content (AvgIpc) is 3.17. The summed E-state index contributed by atoms with van der Waals surface area (Å²) in [6.45, 7) is 0.181. The number of sulfonamides is 1. The van der Waals surface area contributed by atoms with Gasteiger partial charge in [-0.25, -0.2) is 13.2 Å². The predicted molar refractivity (Wildman–Crippen MR) is 105 cm³/mol. The molecule has 0 unspecified atom stereocenters. The molecule has 0 saturated heterocycles. The van der Waals surface area contributed by atoms with Crippen LogP contribution in [0.1, 0.15) is 15.2 Å². The molecular formula is C19H19NO5S2. The van der Waals surface area contributed by atoms with Crippen LogP contribution in [0.15, 0.2) is 52.7 Å².